The smallest absolute Gasteiger partial charge is 0.331 e. The highest BCUT2D eigenvalue weighted by atomic mass is 16.4. The number of nitrogens with zero attached hydrogens (tertiary/aromatic N) is 1. The molecule has 15 heavy (non-hydrogen) atoms. The van der Waals surface area contributed by atoms with E-state index in [9.17, 15) is 4.79 Å². The molecule has 1 aromatic rings. The number of anilines is 1. The van der Waals surface area contributed by atoms with E-state index in [1.807, 2.05) is 43.3 Å². The fourth-order valence-corrected chi connectivity index (χ4v) is 1.18. The zero-order valence-corrected chi connectivity index (χ0v) is 9.19. The van der Waals surface area contributed by atoms with E-state index < -0.39 is 5.97 Å². The first-order chi connectivity index (χ1) is 7.00. The average molecular weight is 205 g/mol. The van der Waals surface area contributed by atoms with Crippen LogP contribution in [0, 0.1) is 0 Å². The van der Waals surface area contributed by atoms with Crippen molar-refractivity contribution >= 4 is 17.7 Å². The van der Waals surface area contributed by atoms with Gasteiger partial charge in [-0.1, -0.05) is 12.1 Å². The molecule has 0 aromatic heterocycles. The van der Waals surface area contributed by atoms with Gasteiger partial charge in [0.1, 0.15) is 0 Å². The number of hydrogen-bond acceptors (Lipinski definition) is 2. The Morgan fingerprint density at radius 3 is 2.20 bits per heavy atom. The highest BCUT2D eigenvalue weighted by Crippen LogP contribution is 2.14. The molecule has 0 aliphatic heterocycles. The normalized spacial score (nSPS) is 11.3. The van der Waals surface area contributed by atoms with Gasteiger partial charge in [0.2, 0.25) is 0 Å². The van der Waals surface area contributed by atoms with Crippen molar-refractivity contribution in [3.05, 3.63) is 35.4 Å². The average Bonchev–Trinajstić information content (AvgIpc) is 2.18. The zero-order valence-electron chi connectivity index (χ0n) is 9.19. The molecule has 0 saturated carbocycles. The van der Waals surface area contributed by atoms with E-state index in [2.05, 4.69) is 0 Å². The zero-order chi connectivity index (χ0) is 11.4. The predicted molar refractivity (Wildman–Crippen MR) is 62.1 cm³/mol. The van der Waals surface area contributed by atoms with E-state index in [1.165, 1.54) is 0 Å². The van der Waals surface area contributed by atoms with Gasteiger partial charge >= 0.3 is 5.97 Å². The quantitative estimate of drug-likeness (QED) is 0.769. The van der Waals surface area contributed by atoms with Gasteiger partial charge in [-0.15, -0.1) is 0 Å². The largest absolute Gasteiger partial charge is 0.478 e. The number of aliphatic carboxylic acids is 1. The minimum Gasteiger partial charge on any atom is -0.478 e. The van der Waals surface area contributed by atoms with Gasteiger partial charge in [0.15, 0.2) is 0 Å². The summed E-state index contributed by atoms with van der Waals surface area (Å²) in [6, 6.07) is 7.73. The summed E-state index contributed by atoms with van der Waals surface area (Å²) in [5.74, 6) is -0.883. The van der Waals surface area contributed by atoms with E-state index in [0.717, 1.165) is 11.3 Å². The standard InChI is InChI=1S/C12H15NO2/c1-9(12(14)15)8-10-4-6-11(7-5-10)13(2)3/h4-8H,1-3H3,(H,14,15)/b9-8+. The second-order valence-electron chi connectivity index (χ2n) is 3.62. The van der Waals surface area contributed by atoms with Crippen LogP contribution in [0.3, 0.4) is 0 Å². The Hall–Kier alpha value is -1.77. The number of rotatable bonds is 3. The summed E-state index contributed by atoms with van der Waals surface area (Å²) in [6.07, 6.45) is 1.65. The molecule has 80 valence electrons. The fraction of sp³-hybridized carbons (Fsp3) is 0.250. The van der Waals surface area contributed by atoms with E-state index in [0.29, 0.717) is 5.57 Å². The van der Waals surface area contributed by atoms with Gasteiger partial charge in [-0.25, -0.2) is 4.79 Å². The van der Waals surface area contributed by atoms with Crippen LogP contribution in [-0.4, -0.2) is 25.2 Å². The molecular weight excluding hydrogens is 190 g/mol. The SMILES string of the molecule is C/C(=C\c1ccc(N(C)C)cc1)C(=O)O. The monoisotopic (exact) mass is 205 g/mol. The molecule has 0 aliphatic carbocycles. The van der Waals surface area contributed by atoms with Crippen LogP contribution >= 0.6 is 0 Å². The van der Waals surface area contributed by atoms with E-state index in [1.54, 1.807) is 13.0 Å². The molecule has 1 aromatic carbocycles. The maximum Gasteiger partial charge on any atom is 0.331 e. The van der Waals surface area contributed by atoms with Crippen molar-refractivity contribution < 1.29 is 9.90 Å². The van der Waals surface area contributed by atoms with Crippen LogP contribution in [0.2, 0.25) is 0 Å². The lowest BCUT2D eigenvalue weighted by Gasteiger charge is -2.11. The molecule has 0 spiro atoms. The van der Waals surface area contributed by atoms with Crippen molar-refractivity contribution in [2.45, 2.75) is 6.92 Å². The summed E-state index contributed by atoms with van der Waals surface area (Å²) in [6.45, 7) is 1.59. The van der Waals surface area contributed by atoms with Crippen molar-refractivity contribution in [1.29, 1.82) is 0 Å². The Labute approximate surface area is 89.6 Å². The lowest BCUT2D eigenvalue weighted by Crippen LogP contribution is -2.07. The molecule has 3 nitrogen and oxygen atoms in total. The lowest BCUT2D eigenvalue weighted by molar-refractivity contribution is -0.132. The van der Waals surface area contributed by atoms with Gasteiger partial charge in [0.05, 0.1) is 0 Å². The van der Waals surface area contributed by atoms with Crippen LogP contribution in [0.5, 0.6) is 0 Å². The maximum atomic E-state index is 10.6. The van der Waals surface area contributed by atoms with Gasteiger partial charge in [-0.2, -0.15) is 0 Å². The summed E-state index contributed by atoms with van der Waals surface area (Å²) in [5.41, 5.74) is 2.34. The van der Waals surface area contributed by atoms with Crippen LogP contribution in [-0.2, 0) is 4.79 Å². The third kappa shape index (κ3) is 3.13. The number of benzene rings is 1. The highest BCUT2D eigenvalue weighted by Gasteiger charge is 2.00. The van der Waals surface area contributed by atoms with Crippen molar-refractivity contribution in [3.8, 4) is 0 Å². The summed E-state index contributed by atoms with van der Waals surface area (Å²) < 4.78 is 0. The molecule has 0 heterocycles. The molecule has 0 unspecified atom stereocenters. The molecule has 0 amide bonds. The molecule has 0 saturated heterocycles. The summed E-state index contributed by atoms with van der Waals surface area (Å²) in [5, 5.41) is 8.71. The number of hydrogen-bond donors (Lipinski definition) is 1. The van der Waals surface area contributed by atoms with E-state index >= 15 is 0 Å². The number of carboxylic acids is 1. The Morgan fingerprint density at radius 2 is 1.80 bits per heavy atom. The molecule has 0 atom stereocenters. The summed E-state index contributed by atoms with van der Waals surface area (Å²) in [4.78, 5) is 12.6. The molecule has 0 bridgehead atoms. The van der Waals surface area contributed by atoms with Crippen molar-refractivity contribution in [3.63, 3.8) is 0 Å². The second kappa shape index (κ2) is 4.64. The first kappa shape index (κ1) is 11.3. The van der Waals surface area contributed by atoms with Gasteiger partial charge in [-0.05, 0) is 30.7 Å². The van der Waals surface area contributed by atoms with Crippen LogP contribution < -0.4 is 4.90 Å². The summed E-state index contributed by atoms with van der Waals surface area (Å²) >= 11 is 0. The first-order valence-electron chi connectivity index (χ1n) is 4.69. The third-order valence-corrected chi connectivity index (χ3v) is 2.13. The highest BCUT2D eigenvalue weighted by molar-refractivity contribution is 5.91. The summed E-state index contributed by atoms with van der Waals surface area (Å²) in [7, 11) is 3.93. The Morgan fingerprint density at radius 1 is 1.27 bits per heavy atom. The van der Waals surface area contributed by atoms with Crippen molar-refractivity contribution in [2.75, 3.05) is 19.0 Å². The minimum atomic E-state index is -0.883. The van der Waals surface area contributed by atoms with Gasteiger partial charge < -0.3 is 10.0 Å². The molecule has 0 fully saturated rings. The third-order valence-electron chi connectivity index (χ3n) is 2.13. The number of carboxylic acid groups (broad SMARTS) is 1. The van der Waals surface area contributed by atoms with Crippen LogP contribution in [0.25, 0.3) is 6.08 Å². The second-order valence-corrected chi connectivity index (χ2v) is 3.62. The van der Waals surface area contributed by atoms with Crippen molar-refractivity contribution in [2.24, 2.45) is 0 Å². The molecule has 3 heteroatoms. The van der Waals surface area contributed by atoms with Crippen LogP contribution in [0.15, 0.2) is 29.8 Å². The first-order valence-corrected chi connectivity index (χ1v) is 4.69. The molecule has 1 N–H and O–H groups in total. The predicted octanol–water partition coefficient (Wildman–Crippen LogP) is 2.24. The van der Waals surface area contributed by atoms with Gasteiger partial charge in [-0.3, -0.25) is 0 Å². The Bertz CT molecular complexity index is 377. The topological polar surface area (TPSA) is 40.5 Å². The van der Waals surface area contributed by atoms with E-state index in [-0.39, 0.29) is 0 Å². The Balaban J connectivity index is 2.90. The molecular formula is C12H15NO2. The van der Waals surface area contributed by atoms with Gasteiger partial charge in [0, 0.05) is 25.4 Å². The van der Waals surface area contributed by atoms with Crippen LogP contribution in [0.4, 0.5) is 5.69 Å². The Kier molecular flexibility index (Phi) is 3.50. The molecule has 1 rings (SSSR count). The van der Waals surface area contributed by atoms with Crippen molar-refractivity contribution in [1.82, 2.24) is 0 Å². The van der Waals surface area contributed by atoms with Crippen LogP contribution in [0.1, 0.15) is 12.5 Å². The molecule has 0 aliphatic rings. The maximum absolute atomic E-state index is 10.6. The van der Waals surface area contributed by atoms with E-state index in [4.69, 9.17) is 5.11 Å². The fourth-order valence-electron chi connectivity index (χ4n) is 1.18. The molecule has 0 radical (unpaired) electrons. The number of carbonyl (C=O) groups is 1. The minimum absolute atomic E-state index is 0.340. The lowest BCUT2D eigenvalue weighted by atomic mass is 10.1. The van der Waals surface area contributed by atoms with Gasteiger partial charge in [0.25, 0.3) is 0 Å².